The molecule has 202 valence electrons. The monoisotopic (exact) mass is 538 g/mol. The predicted octanol–water partition coefficient (Wildman–Crippen LogP) is 9.11. The van der Waals surface area contributed by atoms with Gasteiger partial charge in [0.25, 0.3) is 0 Å². The van der Waals surface area contributed by atoms with Gasteiger partial charge < -0.3 is 10.2 Å². The van der Waals surface area contributed by atoms with E-state index in [4.69, 9.17) is 0 Å². The number of carbonyl (C=O) groups excluding carboxylic acids is 1. The molecule has 0 aliphatic rings. The molecule has 0 heterocycles. The summed E-state index contributed by atoms with van der Waals surface area (Å²) in [6.07, 6.45) is -3.78. The van der Waals surface area contributed by atoms with E-state index in [0.717, 1.165) is 34.0 Å². The molecule has 0 aliphatic heterocycles. The first-order valence-electron chi connectivity index (χ1n) is 13.2. The third-order valence-electron chi connectivity index (χ3n) is 7.06. The highest BCUT2D eigenvalue weighted by atomic mass is 19.4. The number of alkyl halides is 3. The highest BCUT2D eigenvalue weighted by molar-refractivity contribution is 6.01. The molecule has 5 rings (SSSR count). The molecule has 0 aromatic heterocycles. The minimum atomic E-state index is -4.41. The summed E-state index contributed by atoms with van der Waals surface area (Å²) < 4.78 is 39.4. The Balaban J connectivity index is 1.42. The predicted molar refractivity (Wildman–Crippen MR) is 154 cm³/mol. The van der Waals surface area contributed by atoms with Crippen LogP contribution in [0.3, 0.4) is 0 Å². The summed E-state index contributed by atoms with van der Waals surface area (Å²) >= 11 is 0. The van der Waals surface area contributed by atoms with E-state index in [0.29, 0.717) is 24.2 Å². The lowest BCUT2D eigenvalue weighted by atomic mass is 9.88. The number of urea groups is 1. The number of anilines is 1. The average Bonchev–Trinajstić information content (AvgIpc) is 2.98. The summed E-state index contributed by atoms with van der Waals surface area (Å²) in [5.41, 5.74) is 2.87. The van der Waals surface area contributed by atoms with Gasteiger partial charge in [0.2, 0.25) is 0 Å². The first-order valence-corrected chi connectivity index (χ1v) is 13.2. The van der Waals surface area contributed by atoms with Crippen molar-refractivity contribution in [1.29, 1.82) is 0 Å². The van der Waals surface area contributed by atoms with Crippen molar-refractivity contribution in [3.63, 3.8) is 0 Å². The molecule has 0 aliphatic carbocycles. The van der Waals surface area contributed by atoms with Gasteiger partial charge in [0.05, 0.1) is 11.3 Å². The largest absolute Gasteiger partial charge is 0.416 e. The quantitative estimate of drug-likeness (QED) is 0.210. The average molecular weight is 539 g/mol. The van der Waals surface area contributed by atoms with E-state index >= 15 is 0 Å². The smallest absolute Gasteiger partial charge is 0.320 e. The number of hydrogen-bond acceptors (Lipinski definition) is 1. The second kappa shape index (κ2) is 12.1. The highest BCUT2D eigenvalue weighted by Crippen LogP contribution is 2.31. The Morgan fingerprint density at radius 1 is 0.700 bits per heavy atom. The van der Waals surface area contributed by atoms with Gasteiger partial charge in [0, 0.05) is 24.4 Å². The number of nitrogens with one attached hydrogen (secondary N) is 1. The van der Waals surface area contributed by atoms with E-state index in [1.807, 2.05) is 78.9 Å². The summed E-state index contributed by atoms with van der Waals surface area (Å²) in [7, 11) is 0. The molecule has 40 heavy (non-hydrogen) atoms. The summed E-state index contributed by atoms with van der Waals surface area (Å²) in [6, 6.07) is 38.5. The molecule has 3 nitrogen and oxygen atoms in total. The van der Waals surface area contributed by atoms with Crippen LogP contribution in [-0.2, 0) is 12.7 Å². The minimum Gasteiger partial charge on any atom is -0.320 e. The lowest BCUT2D eigenvalue weighted by Gasteiger charge is -2.27. The fourth-order valence-corrected chi connectivity index (χ4v) is 4.98. The van der Waals surface area contributed by atoms with Crippen LogP contribution in [0.15, 0.2) is 127 Å². The van der Waals surface area contributed by atoms with E-state index in [1.54, 1.807) is 4.90 Å². The van der Waals surface area contributed by atoms with Crippen molar-refractivity contribution in [3.05, 3.63) is 150 Å². The van der Waals surface area contributed by atoms with Gasteiger partial charge in [-0.3, -0.25) is 0 Å². The molecule has 5 aromatic rings. The van der Waals surface area contributed by atoms with Gasteiger partial charge in [-0.1, -0.05) is 109 Å². The van der Waals surface area contributed by atoms with Crippen LogP contribution < -0.4 is 5.32 Å². The normalized spacial score (nSPS) is 11.5. The van der Waals surface area contributed by atoms with Gasteiger partial charge in [-0.05, 0) is 46.7 Å². The van der Waals surface area contributed by atoms with Gasteiger partial charge in [-0.2, -0.15) is 13.2 Å². The summed E-state index contributed by atoms with van der Waals surface area (Å²) in [4.78, 5) is 15.4. The van der Waals surface area contributed by atoms with Gasteiger partial charge >= 0.3 is 12.2 Å². The third kappa shape index (κ3) is 6.52. The summed E-state index contributed by atoms with van der Waals surface area (Å²) in [5.74, 6) is 0.0443. The summed E-state index contributed by atoms with van der Waals surface area (Å²) in [6.45, 7) is 0.567. The van der Waals surface area contributed by atoms with Gasteiger partial charge in [-0.25, -0.2) is 4.79 Å². The van der Waals surface area contributed by atoms with Crippen LogP contribution in [0.2, 0.25) is 0 Å². The van der Waals surface area contributed by atoms with E-state index in [2.05, 4.69) is 29.6 Å². The molecule has 0 atom stereocenters. The first kappa shape index (κ1) is 27.0. The van der Waals surface area contributed by atoms with Crippen molar-refractivity contribution in [3.8, 4) is 0 Å². The number of amides is 2. The maximum Gasteiger partial charge on any atom is 0.416 e. The number of rotatable bonds is 8. The Labute approximate surface area is 231 Å². The number of hydrogen-bond donors (Lipinski definition) is 1. The Kier molecular flexibility index (Phi) is 8.15. The van der Waals surface area contributed by atoms with E-state index < -0.39 is 11.7 Å². The topological polar surface area (TPSA) is 32.3 Å². The minimum absolute atomic E-state index is 0.0443. The van der Waals surface area contributed by atoms with Crippen LogP contribution >= 0.6 is 0 Å². The number of benzene rings is 5. The van der Waals surface area contributed by atoms with Crippen LogP contribution in [0.25, 0.3) is 10.8 Å². The third-order valence-corrected chi connectivity index (χ3v) is 7.06. The SMILES string of the molecule is O=C(Nc1cccc2ccccc12)N(CCC(c1ccccc1)c1ccccc1)Cc1ccc(C(F)(F)F)cc1. The zero-order valence-electron chi connectivity index (χ0n) is 21.8. The summed E-state index contributed by atoms with van der Waals surface area (Å²) in [5, 5.41) is 4.97. The molecular formula is C34H29F3N2O. The van der Waals surface area contributed by atoms with Crippen molar-refractivity contribution in [2.45, 2.75) is 25.1 Å². The van der Waals surface area contributed by atoms with Crippen molar-refractivity contribution < 1.29 is 18.0 Å². The number of halogens is 3. The molecule has 1 N–H and O–H groups in total. The lowest BCUT2D eigenvalue weighted by molar-refractivity contribution is -0.137. The van der Waals surface area contributed by atoms with E-state index in [1.165, 1.54) is 12.1 Å². The highest BCUT2D eigenvalue weighted by Gasteiger charge is 2.30. The number of fused-ring (bicyclic) bond motifs is 1. The van der Waals surface area contributed by atoms with Crippen molar-refractivity contribution in [1.82, 2.24) is 4.90 Å². The van der Waals surface area contributed by atoms with Crippen molar-refractivity contribution in [2.75, 3.05) is 11.9 Å². The zero-order valence-corrected chi connectivity index (χ0v) is 21.8. The van der Waals surface area contributed by atoms with Crippen LogP contribution in [0.5, 0.6) is 0 Å². The molecule has 0 saturated heterocycles. The maximum atomic E-state index is 13.7. The maximum absolute atomic E-state index is 13.7. The number of nitrogens with zero attached hydrogens (tertiary/aromatic N) is 1. The molecule has 0 radical (unpaired) electrons. The van der Waals surface area contributed by atoms with Gasteiger partial charge in [-0.15, -0.1) is 0 Å². The van der Waals surface area contributed by atoms with Crippen LogP contribution in [0, 0.1) is 0 Å². The first-order chi connectivity index (χ1) is 19.4. The molecule has 0 bridgehead atoms. The Hall–Kier alpha value is -4.58. The Morgan fingerprint density at radius 3 is 1.90 bits per heavy atom. The van der Waals surface area contributed by atoms with Crippen molar-refractivity contribution in [2.24, 2.45) is 0 Å². The fourth-order valence-electron chi connectivity index (χ4n) is 4.98. The molecule has 0 fully saturated rings. The van der Waals surface area contributed by atoms with Gasteiger partial charge in [0.1, 0.15) is 0 Å². The van der Waals surface area contributed by atoms with E-state index in [9.17, 15) is 18.0 Å². The molecule has 6 heteroatoms. The van der Waals surface area contributed by atoms with Crippen LogP contribution in [0.1, 0.15) is 34.6 Å². The molecule has 2 amide bonds. The van der Waals surface area contributed by atoms with Crippen LogP contribution in [0.4, 0.5) is 23.7 Å². The molecule has 0 unspecified atom stereocenters. The molecular weight excluding hydrogens is 509 g/mol. The standard InChI is InChI=1S/C34H29F3N2O/c35-34(36,37)29-20-18-25(19-21-29)24-39(33(40)38-32-17-9-15-28-14-7-8-16-31(28)32)23-22-30(26-10-3-1-4-11-26)27-12-5-2-6-13-27/h1-21,30H,22-24H2,(H,38,40). The fraction of sp³-hybridized carbons (Fsp3) is 0.147. The zero-order chi connectivity index (χ0) is 28.0. The van der Waals surface area contributed by atoms with Crippen LogP contribution in [-0.4, -0.2) is 17.5 Å². The molecule has 5 aromatic carbocycles. The number of carbonyl (C=O) groups is 1. The van der Waals surface area contributed by atoms with Crippen molar-refractivity contribution >= 4 is 22.5 Å². The second-order valence-corrected chi connectivity index (χ2v) is 9.74. The Bertz CT molecular complexity index is 1510. The molecule has 0 spiro atoms. The molecule has 0 saturated carbocycles. The Morgan fingerprint density at radius 2 is 1.27 bits per heavy atom. The van der Waals surface area contributed by atoms with E-state index in [-0.39, 0.29) is 18.5 Å². The van der Waals surface area contributed by atoms with Gasteiger partial charge in [0.15, 0.2) is 0 Å². The second-order valence-electron chi connectivity index (χ2n) is 9.74. The lowest BCUT2D eigenvalue weighted by Crippen LogP contribution is -2.36.